The van der Waals surface area contributed by atoms with E-state index in [9.17, 15) is 4.79 Å². The van der Waals surface area contributed by atoms with Gasteiger partial charge in [0, 0.05) is 11.6 Å². The number of amides is 1. The maximum Gasteiger partial charge on any atom is 0.251 e. The lowest BCUT2D eigenvalue weighted by Crippen LogP contribution is -2.35. The van der Waals surface area contributed by atoms with Gasteiger partial charge in [0.2, 0.25) is 0 Å². The standard InChI is InChI=1S/C15H20N2O/c16-11-10-12-6-8-13(9-7-12)15(18)17-14-4-2-1-3-5-14/h1-2,6-9,14H,3-5,10-11,16H2,(H,17,18). The average Bonchev–Trinajstić information content (AvgIpc) is 2.41. The molecule has 1 aromatic rings. The van der Waals surface area contributed by atoms with E-state index in [0.29, 0.717) is 6.54 Å². The third kappa shape index (κ3) is 3.44. The SMILES string of the molecule is NCCc1ccc(C(=O)NC2CC=CCC2)cc1. The monoisotopic (exact) mass is 244 g/mol. The molecule has 0 fully saturated rings. The molecule has 96 valence electrons. The first-order valence-corrected chi connectivity index (χ1v) is 6.54. The van der Waals surface area contributed by atoms with Gasteiger partial charge in [-0.05, 0) is 49.9 Å². The smallest absolute Gasteiger partial charge is 0.251 e. The second-order valence-corrected chi connectivity index (χ2v) is 4.69. The van der Waals surface area contributed by atoms with Gasteiger partial charge in [0.05, 0.1) is 0 Å². The summed E-state index contributed by atoms with van der Waals surface area (Å²) in [6, 6.07) is 7.98. The predicted octanol–water partition coefficient (Wildman–Crippen LogP) is 2.03. The maximum absolute atomic E-state index is 12.0. The fourth-order valence-corrected chi connectivity index (χ4v) is 2.18. The topological polar surface area (TPSA) is 55.1 Å². The van der Waals surface area contributed by atoms with Gasteiger partial charge >= 0.3 is 0 Å². The molecule has 1 amide bonds. The van der Waals surface area contributed by atoms with Gasteiger partial charge in [-0.2, -0.15) is 0 Å². The summed E-state index contributed by atoms with van der Waals surface area (Å²) in [5, 5.41) is 3.07. The minimum absolute atomic E-state index is 0.0228. The van der Waals surface area contributed by atoms with Crippen LogP contribution < -0.4 is 11.1 Å². The summed E-state index contributed by atoms with van der Waals surface area (Å²) in [6.07, 6.45) is 8.20. The zero-order valence-corrected chi connectivity index (χ0v) is 10.6. The summed E-state index contributed by atoms with van der Waals surface area (Å²) in [7, 11) is 0. The van der Waals surface area contributed by atoms with Crippen LogP contribution in [0.2, 0.25) is 0 Å². The lowest BCUT2D eigenvalue weighted by atomic mass is 10.0. The van der Waals surface area contributed by atoms with E-state index in [2.05, 4.69) is 17.5 Å². The fraction of sp³-hybridized carbons (Fsp3) is 0.400. The lowest BCUT2D eigenvalue weighted by molar-refractivity contribution is 0.0934. The molecule has 0 saturated carbocycles. The van der Waals surface area contributed by atoms with Crippen LogP contribution in [0.15, 0.2) is 36.4 Å². The van der Waals surface area contributed by atoms with Crippen LogP contribution in [0.1, 0.15) is 35.2 Å². The van der Waals surface area contributed by atoms with Gasteiger partial charge in [-0.3, -0.25) is 4.79 Å². The third-order valence-electron chi connectivity index (χ3n) is 3.25. The van der Waals surface area contributed by atoms with Crippen molar-refractivity contribution in [2.45, 2.75) is 31.7 Å². The van der Waals surface area contributed by atoms with E-state index in [1.807, 2.05) is 24.3 Å². The Balaban J connectivity index is 1.93. The van der Waals surface area contributed by atoms with Crippen LogP contribution >= 0.6 is 0 Å². The Morgan fingerprint density at radius 2 is 2.06 bits per heavy atom. The Hall–Kier alpha value is -1.61. The largest absolute Gasteiger partial charge is 0.349 e. The van der Waals surface area contributed by atoms with E-state index in [1.165, 1.54) is 5.56 Å². The van der Waals surface area contributed by atoms with Crippen molar-refractivity contribution in [2.75, 3.05) is 6.54 Å². The zero-order valence-electron chi connectivity index (χ0n) is 10.6. The quantitative estimate of drug-likeness (QED) is 0.796. The molecule has 3 N–H and O–H groups in total. The van der Waals surface area contributed by atoms with Crippen molar-refractivity contribution >= 4 is 5.91 Å². The minimum Gasteiger partial charge on any atom is -0.349 e. The molecule has 0 radical (unpaired) electrons. The van der Waals surface area contributed by atoms with Crippen molar-refractivity contribution in [1.29, 1.82) is 0 Å². The number of carbonyl (C=O) groups excluding carboxylic acids is 1. The molecule has 0 bridgehead atoms. The van der Waals surface area contributed by atoms with Gasteiger partial charge in [-0.15, -0.1) is 0 Å². The Kier molecular flexibility index (Phi) is 4.53. The lowest BCUT2D eigenvalue weighted by Gasteiger charge is -2.19. The third-order valence-corrected chi connectivity index (χ3v) is 3.25. The Morgan fingerprint density at radius 3 is 2.67 bits per heavy atom. The number of nitrogens with one attached hydrogen (secondary N) is 1. The molecule has 0 aliphatic heterocycles. The van der Waals surface area contributed by atoms with Gasteiger partial charge in [-0.25, -0.2) is 0 Å². The van der Waals surface area contributed by atoms with Gasteiger partial charge in [0.1, 0.15) is 0 Å². The number of nitrogens with two attached hydrogens (primary N) is 1. The van der Waals surface area contributed by atoms with E-state index < -0.39 is 0 Å². The molecule has 18 heavy (non-hydrogen) atoms. The number of allylic oxidation sites excluding steroid dienone is 1. The second kappa shape index (κ2) is 6.36. The van der Waals surface area contributed by atoms with Crippen molar-refractivity contribution in [3.8, 4) is 0 Å². The molecule has 1 aliphatic carbocycles. The second-order valence-electron chi connectivity index (χ2n) is 4.69. The first-order valence-electron chi connectivity index (χ1n) is 6.54. The van der Waals surface area contributed by atoms with E-state index >= 15 is 0 Å². The van der Waals surface area contributed by atoms with E-state index in [0.717, 1.165) is 31.2 Å². The maximum atomic E-state index is 12.0. The van der Waals surface area contributed by atoms with Crippen LogP contribution in [-0.4, -0.2) is 18.5 Å². The highest BCUT2D eigenvalue weighted by atomic mass is 16.1. The first kappa shape index (κ1) is 12.8. The molecule has 1 aromatic carbocycles. The zero-order chi connectivity index (χ0) is 12.8. The Morgan fingerprint density at radius 1 is 1.28 bits per heavy atom. The van der Waals surface area contributed by atoms with Crippen LogP contribution in [0.5, 0.6) is 0 Å². The summed E-state index contributed by atoms with van der Waals surface area (Å²) in [5.41, 5.74) is 7.40. The Labute approximate surface area is 108 Å². The van der Waals surface area contributed by atoms with Gasteiger partial charge in [0.25, 0.3) is 5.91 Å². The van der Waals surface area contributed by atoms with Crippen LogP contribution in [0.4, 0.5) is 0 Å². The van der Waals surface area contributed by atoms with Gasteiger partial charge < -0.3 is 11.1 Å². The highest BCUT2D eigenvalue weighted by molar-refractivity contribution is 5.94. The fourth-order valence-electron chi connectivity index (χ4n) is 2.18. The summed E-state index contributed by atoms with van der Waals surface area (Å²) in [6.45, 7) is 0.639. The Bertz CT molecular complexity index is 423. The molecule has 1 unspecified atom stereocenters. The van der Waals surface area contributed by atoms with E-state index in [1.54, 1.807) is 0 Å². The number of carbonyl (C=O) groups is 1. The predicted molar refractivity (Wildman–Crippen MR) is 73.4 cm³/mol. The van der Waals surface area contributed by atoms with E-state index in [4.69, 9.17) is 5.73 Å². The molecule has 0 aromatic heterocycles. The van der Waals surface area contributed by atoms with Crippen LogP contribution in [0.25, 0.3) is 0 Å². The number of benzene rings is 1. The number of hydrogen-bond acceptors (Lipinski definition) is 2. The summed E-state index contributed by atoms with van der Waals surface area (Å²) in [5.74, 6) is 0.0228. The molecule has 1 aliphatic rings. The highest BCUT2D eigenvalue weighted by Crippen LogP contribution is 2.12. The molecule has 3 heteroatoms. The summed E-state index contributed by atoms with van der Waals surface area (Å²) >= 11 is 0. The highest BCUT2D eigenvalue weighted by Gasteiger charge is 2.13. The normalized spacial score (nSPS) is 18.6. The van der Waals surface area contributed by atoms with Crippen LogP contribution in [0.3, 0.4) is 0 Å². The van der Waals surface area contributed by atoms with Gasteiger partial charge in [-0.1, -0.05) is 24.3 Å². The summed E-state index contributed by atoms with van der Waals surface area (Å²) in [4.78, 5) is 12.0. The average molecular weight is 244 g/mol. The molecule has 1 atom stereocenters. The first-order chi connectivity index (χ1) is 8.79. The molecular formula is C15H20N2O. The molecule has 0 saturated heterocycles. The molecule has 0 spiro atoms. The summed E-state index contributed by atoms with van der Waals surface area (Å²) < 4.78 is 0. The van der Waals surface area contributed by atoms with Crippen molar-refractivity contribution in [3.05, 3.63) is 47.5 Å². The number of hydrogen-bond donors (Lipinski definition) is 2. The molecule has 0 heterocycles. The molecular weight excluding hydrogens is 224 g/mol. The van der Waals surface area contributed by atoms with Crippen molar-refractivity contribution in [2.24, 2.45) is 5.73 Å². The van der Waals surface area contributed by atoms with Gasteiger partial charge in [0.15, 0.2) is 0 Å². The van der Waals surface area contributed by atoms with Crippen molar-refractivity contribution < 1.29 is 4.79 Å². The minimum atomic E-state index is 0.0228. The van der Waals surface area contributed by atoms with E-state index in [-0.39, 0.29) is 11.9 Å². The van der Waals surface area contributed by atoms with Crippen LogP contribution in [-0.2, 0) is 6.42 Å². The number of rotatable bonds is 4. The molecule has 2 rings (SSSR count). The van der Waals surface area contributed by atoms with Crippen molar-refractivity contribution in [1.82, 2.24) is 5.32 Å². The van der Waals surface area contributed by atoms with Crippen molar-refractivity contribution in [3.63, 3.8) is 0 Å². The molecule has 3 nitrogen and oxygen atoms in total. The van der Waals surface area contributed by atoms with Crippen LogP contribution in [0, 0.1) is 0 Å².